The first-order valence-electron chi connectivity index (χ1n) is 8.23. The van der Waals surface area contributed by atoms with Crippen LogP contribution in [0.2, 0.25) is 0 Å². The highest BCUT2D eigenvalue weighted by Crippen LogP contribution is 2.33. The summed E-state index contributed by atoms with van der Waals surface area (Å²) in [5.74, 6) is 0.135. The minimum absolute atomic E-state index is 0.227. The number of anilines is 1. The minimum Gasteiger partial charge on any atom is -0.497 e. The lowest BCUT2D eigenvalue weighted by Gasteiger charge is -2.14. The van der Waals surface area contributed by atoms with Crippen molar-refractivity contribution >= 4 is 28.2 Å². The number of carbonyl (C=O) groups excluding carboxylic acids is 2. The molecule has 0 saturated heterocycles. The molecule has 0 aliphatic rings. The number of hydrogen-bond acceptors (Lipinski definition) is 7. The molecule has 2 aromatic rings. The summed E-state index contributed by atoms with van der Waals surface area (Å²) in [5.41, 5.74) is 0.725. The molecule has 1 N–H and O–H groups in total. The molecule has 1 atom stereocenters. The molecule has 0 aliphatic carbocycles. The van der Waals surface area contributed by atoms with Gasteiger partial charge in [-0.15, -0.1) is 11.3 Å². The number of nitrogens with zero attached hydrogens (tertiary/aromatic N) is 1. The molecule has 7 nitrogen and oxygen atoms in total. The van der Waals surface area contributed by atoms with E-state index in [-0.39, 0.29) is 12.2 Å². The average molecular weight is 388 g/mol. The summed E-state index contributed by atoms with van der Waals surface area (Å²) in [4.78, 5) is 24.8. The number of thiophene rings is 1. The molecule has 1 aromatic carbocycles. The fourth-order valence-electron chi connectivity index (χ4n) is 2.27. The highest BCUT2D eigenvalue weighted by atomic mass is 32.1. The van der Waals surface area contributed by atoms with Crippen LogP contribution in [0.1, 0.15) is 34.6 Å². The molecular formula is C19H20N2O5S. The predicted octanol–water partition coefficient (Wildman–Crippen LogP) is 3.52. The van der Waals surface area contributed by atoms with Crippen molar-refractivity contribution in [2.24, 2.45) is 0 Å². The Kier molecular flexibility index (Phi) is 6.79. The second-order valence-corrected chi connectivity index (χ2v) is 6.54. The first kappa shape index (κ1) is 20.3. The van der Waals surface area contributed by atoms with Crippen LogP contribution in [0.5, 0.6) is 11.5 Å². The van der Waals surface area contributed by atoms with Crippen LogP contribution in [-0.4, -0.2) is 31.7 Å². The van der Waals surface area contributed by atoms with Crippen molar-refractivity contribution in [2.45, 2.75) is 26.9 Å². The van der Waals surface area contributed by atoms with Crippen molar-refractivity contribution in [3.8, 4) is 17.6 Å². The summed E-state index contributed by atoms with van der Waals surface area (Å²) in [5, 5.41) is 12.3. The lowest BCUT2D eigenvalue weighted by Crippen LogP contribution is -2.30. The third-order valence-electron chi connectivity index (χ3n) is 3.68. The van der Waals surface area contributed by atoms with Gasteiger partial charge in [0.1, 0.15) is 27.4 Å². The predicted molar refractivity (Wildman–Crippen MR) is 101 cm³/mol. The summed E-state index contributed by atoms with van der Waals surface area (Å²) < 4.78 is 15.7. The molecule has 2 rings (SSSR count). The largest absolute Gasteiger partial charge is 0.497 e. The van der Waals surface area contributed by atoms with Gasteiger partial charge in [-0.25, -0.2) is 4.79 Å². The maximum Gasteiger partial charge on any atom is 0.348 e. The quantitative estimate of drug-likeness (QED) is 0.729. The fraction of sp³-hybridized carbons (Fsp3) is 0.316. The fourth-order valence-corrected chi connectivity index (χ4v) is 3.33. The number of carbonyl (C=O) groups is 2. The number of rotatable bonds is 7. The van der Waals surface area contributed by atoms with Crippen LogP contribution in [0.3, 0.4) is 0 Å². The summed E-state index contributed by atoms with van der Waals surface area (Å²) in [7, 11) is 1.54. The summed E-state index contributed by atoms with van der Waals surface area (Å²) in [6, 6.07) is 8.91. The van der Waals surface area contributed by atoms with Gasteiger partial charge in [-0.2, -0.15) is 5.26 Å². The Labute approximate surface area is 161 Å². The van der Waals surface area contributed by atoms with E-state index in [0.29, 0.717) is 26.9 Å². The minimum atomic E-state index is -0.822. The number of hydrogen-bond donors (Lipinski definition) is 1. The normalized spacial score (nSPS) is 11.2. The molecule has 0 radical (unpaired) electrons. The van der Waals surface area contributed by atoms with Gasteiger partial charge in [0.2, 0.25) is 0 Å². The monoisotopic (exact) mass is 388 g/mol. The third-order valence-corrected chi connectivity index (χ3v) is 4.87. The highest BCUT2D eigenvalue weighted by Gasteiger charge is 2.24. The maximum absolute atomic E-state index is 12.5. The zero-order chi connectivity index (χ0) is 20.0. The Bertz CT molecular complexity index is 885. The number of benzene rings is 1. The first-order valence-corrected chi connectivity index (χ1v) is 9.05. The Balaban J connectivity index is 2.15. The van der Waals surface area contributed by atoms with Crippen LogP contribution in [0.4, 0.5) is 5.00 Å². The molecule has 0 spiro atoms. The first-order chi connectivity index (χ1) is 12.9. The van der Waals surface area contributed by atoms with E-state index in [2.05, 4.69) is 5.32 Å². The molecule has 0 bridgehead atoms. The molecule has 27 heavy (non-hydrogen) atoms. The van der Waals surface area contributed by atoms with Crippen LogP contribution in [-0.2, 0) is 9.53 Å². The van der Waals surface area contributed by atoms with E-state index in [1.54, 1.807) is 52.1 Å². The van der Waals surface area contributed by atoms with Crippen LogP contribution < -0.4 is 14.8 Å². The molecule has 142 valence electrons. The van der Waals surface area contributed by atoms with E-state index in [0.717, 1.165) is 11.3 Å². The Morgan fingerprint density at radius 2 is 2.04 bits per heavy atom. The van der Waals surface area contributed by atoms with Crippen molar-refractivity contribution in [1.29, 1.82) is 5.26 Å². The summed E-state index contributed by atoms with van der Waals surface area (Å²) >= 11 is 1.01. The maximum atomic E-state index is 12.5. The van der Waals surface area contributed by atoms with E-state index in [9.17, 15) is 14.9 Å². The van der Waals surface area contributed by atoms with Gasteiger partial charge in [-0.3, -0.25) is 4.79 Å². The molecule has 1 amide bonds. The number of ether oxygens (including phenoxy) is 3. The van der Waals surface area contributed by atoms with Gasteiger partial charge < -0.3 is 19.5 Å². The van der Waals surface area contributed by atoms with Gasteiger partial charge in [0, 0.05) is 6.07 Å². The van der Waals surface area contributed by atoms with Gasteiger partial charge >= 0.3 is 5.97 Å². The van der Waals surface area contributed by atoms with E-state index in [4.69, 9.17) is 14.2 Å². The van der Waals surface area contributed by atoms with Gasteiger partial charge in [-0.1, -0.05) is 6.07 Å². The van der Waals surface area contributed by atoms with Crippen molar-refractivity contribution < 1.29 is 23.8 Å². The van der Waals surface area contributed by atoms with E-state index < -0.39 is 18.0 Å². The van der Waals surface area contributed by atoms with Gasteiger partial charge in [0.15, 0.2) is 6.10 Å². The van der Waals surface area contributed by atoms with E-state index >= 15 is 0 Å². The second-order valence-electron chi connectivity index (χ2n) is 5.52. The Hall–Kier alpha value is -3.05. The van der Waals surface area contributed by atoms with Crippen molar-refractivity contribution in [2.75, 3.05) is 19.0 Å². The lowest BCUT2D eigenvalue weighted by atomic mass is 10.2. The van der Waals surface area contributed by atoms with Crippen LogP contribution in [0.15, 0.2) is 24.3 Å². The Morgan fingerprint density at radius 1 is 1.33 bits per heavy atom. The molecule has 0 aliphatic heterocycles. The smallest absolute Gasteiger partial charge is 0.348 e. The zero-order valence-corrected chi connectivity index (χ0v) is 16.3. The number of methoxy groups -OCH3 is 1. The van der Waals surface area contributed by atoms with Crippen molar-refractivity contribution in [1.82, 2.24) is 0 Å². The molecule has 8 heteroatoms. The van der Waals surface area contributed by atoms with Gasteiger partial charge in [0.25, 0.3) is 5.91 Å². The molecule has 0 fully saturated rings. The topological polar surface area (TPSA) is 97.7 Å². The molecular weight excluding hydrogens is 368 g/mol. The Morgan fingerprint density at radius 3 is 2.67 bits per heavy atom. The molecule has 1 unspecified atom stereocenters. The van der Waals surface area contributed by atoms with E-state index in [1.807, 2.05) is 6.07 Å². The molecule has 1 heterocycles. The highest BCUT2D eigenvalue weighted by molar-refractivity contribution is 7.18. The number of nitriles is 1. The zero-order valence-electron chi connectivity index (χ0n) is 15.5. The van der Waals surface area contributed by atoms with Crippen LogP contribution >= 0.6 is 11.3 Å². The summed E-state index contributed by atoms with van der Waals surface area (Å²) in [6.07, 6.45) is -0.822. The van der Waals surface area contributed by atoms with Crippen molar-refractivity contribution in [3.05, 3.63) is 40.3 Å². The molecule has 1 aromatic heterocycles. The van der Waals surface area contributed by atoms with Crippen LogP contribution in [0, 0.1) is 18.3 Å². The third kappa shape index (κ3) is 4.77. The standard InChI is InChI=1S/C19H20N2O5S/c1-5-25-19(23)16-11(2)15(10-20)18(27-16)21-17(22)12(3)26-14-8-6-7-13(9-14)24-4/h6-9,12H,5H2,1-4H3,(H,21,22). The molecule has 0 saturated carbocycles. The summed E-state index contributed by atoms with van der Waals surface area (Å²) in [6.45, 7) is 5.16. The average Bonchev–Trinajstić information content (AvgIpc) is 2.97. The SMILES string of the molecule is CCOC(=O)c1sc(NC(=O)C(C)Oc2cccc(OC)c2)c(C#N)c1C. The van der Waals surface area contributed by atoms with Crippen LogP contribution in [0.25, 0.3) is 0 Å². The van der Waals surface area contributed by atoms with Crippen molar-refractivity contribution in [3.63, 3.8) is 0 Å². The second kappa shape index (κ2) is 9.05. The number of esters is 1. The lowest BCUT2D eigenvalue weighted by molar-refractivity contribution is -0.122. The number of nitrogens with one attached hydrogen (secondary N) is 1. The van der Waals surface area contributed by atoms with Gasteiger partial charge in [0.05, 0.1) is 19.3 Å². The van der Waals surface area contributed by atoms with E-state index in [1.165, 1.54) is 0 Å². The van der Waals surface area contributed by atoms with Gasteiger partial charge in [-0.05, 0) is 38.5 Å². The number of amides is 1.